The largest absolute Gasteiger partial charge is 0.495 e. The second kappa shape index (κ2) is 10.3. The fourth-order valence-corrected chi connectivity index (χ4v) is 5.55. The number of nitrogens with one attached hydrogen (secondary N) is 1. The predicted octanol–water partition coefficient (Wildman–Crippen LogP) is 4.26. The highest BCUT2D eigenvalue weighted by Crippen LogP contribution is 2.34. The van der Waals surface area contributed by atoms with Crippen molar-refractivity contribution < 1.29 is 9.53 Å². The molecule has 2 aromatic carbocycles. The summed E-state index contributed by atoms with van der Waals surface area (Å²) in [5.74, 6) is 0.580. The van der Waals surface area contributed by atoms with E-state index in [9.17, 15) is 9.59 Å². The average Bonchev–Trinajstić information content (AvgIpc) is 3.18. The lowest BCUT2D eigenvalue weighted by molar-refractivity contribution is -0.113. The van der Waals surface area contributed by atoms with Crippen LogP contribution >= 0.6 is 23.5 Å². The van der Waals surface area contributed by atoms with Gasteiger partial charge in [0.15, 0.2) is 5.16 Å². The number of methoxy groups -OCH3 is 1. The molecule has 0 saturated heterocycles. The van der Waals surface area contributed by atoms with E-state index in [1.807, 2.05) is 30.3 Å². The third kappa shape index (κ3) is 5.19. The highest BCUT2D eigenvalue weighted by atomic mass is 32.2. The number of aryl methyl sites for hydroxylation is 1. The maximum atomic E-state index is 13.2. The van der Waals surface area contributed by atoms with Crippen LogP contribution in [0.4, 0.5) is 5.69 Å². The number of hydrogen-bond acceptors (Lipinski definition) is 6. The molecule has 0 bridgehead atoms. The molecule has 0 spiro atoms. The van der Waals surface area contributed by atoms with E-state index >= 15 is 0 Å². The quantitative estimate of drug-likeness (QED) is 0.394. The minimum atomic E-state index is -0.174. The van der Waals surface area contributed by atoms with Gasteiger partial charge >= 0.3 is 0 Å². The lowest BCUT2D eigenvalue weighted by Crippen LogP contribution is -2.27. The van der Waals surface area contributed by atoms with Gasteiger partial charge in [0.1, 0.15) is 5.75 Å². The minimum absolute atomic E-state index is 0.00656. The summed E-state index contributed by atoms with van der Waals surface area (Å²) < 4.78 is 7.02. The monoisotopic (exact) mass is 467 g/mol. The highest BCUT2D eigenvalue weighted by molar-refractivity contribution is 8.00. The lowest BCUT2D eigenvalue weighted by atomic mass is 10.1. The maximum absolute atomic E-state index is 13.2. The van der Waals surface area contributed by atoms with Crippen LogP contribution in [-0.2, 0) is 24.2 Å². The standard InChI is InChI=1S/C24H25N3O3S2/c1-16-14-19-22(32-16)23(29)27(13-12-17-8-4-3-5-9-17)24(26-19)31-15-21(28)25-18-10-6-7-11-20(18)30-2/h3-11,16H,12-15H2,1-2H3,(H,25,28). The Kier molecular flexibility index (Phi) is 7.22. The van der Waals surface area contributed by atoms with E-state index in [-0.39, 0.29) is 17.2 Å². The molecular weight excluding hydrogens is 442 g/mol. The van der Waals surface area contributed by atoms with Gasteiger partial charge in [-0.25, -0.2) is 4.98 Å². The van der Waals surface area contributed by atoms with E-state index in [1.54, 1.807) is 35.6 Å². The number of benzene rings is 2. The van der Waals surface area contributed by atoms with Gasteiger partial charge in [-0.2, -0.15) is 0 Å². The van der Waals surface area contributed by atoms with Crippen molar-refractivity contribution in [3.05, 3.63) is 76.2 Å². The van der Waals surface area contributed by atoms with Crippen molar-refractivity contribution in [3.63, 3.8) is 0 Å². The zero-order chi connectivity index (χ0) is 22.5. The number of carbonyl (C=O) groups is 1. The number of nitrogens with zero attached hydrogens (tertiary/aromatic N) is 2. The number of thioether (sulfide) groups is 2. The molecule has 4 rings (SSSR count). The number of carbonyl (C=O) groups excluding carboxylic acids is 1. The van der Waals surface area contributed by atoms with Crippen LogP contribution in [0.25, 0.3) is 0 Å². The summed E-state index contributed by atoms with van der Waals surface area (Å²) in [6.45, 7) is 2.63. The van der Waals surface area contributed by atoms with E-state index in [2.05, 4.69) is 24.4 Å². The zero-order valence-electron chi connectivity index (χ0n) is 18.0. The van der Waals surface area contributed by atoms with Gasteiger partial charge in [0.2, 0.25) is 5.91 Å². The van der Waals surface area contributed by atoms with Crippen LogP contribution in [0.5, 0.6) is 5.75 Å². The summed E-state index contributed by atoms with van der Waals surface area (Å²) in [6, 6.07) is 17.4. The van der Waals surface area contributed by atoms with Gasteiger partial charge in [-0.1, -0.05) is 61.2 Å². The number of hydrogen-bond donors (Lipinski definition) is 1. The molecule has 1 atom stereocenters. The molecule has 0 fully saturated rings. The Hall–Kier alpha value is -2.71. The Morgan fingerprint density at radius 1 is 1.22 bits per heavy atom. The summed E-state index contributed by atoms with van der Waals surface area (Å²) in [4.78, 5) is 31.4. The molecule has 1 unspecified atom stereocenters. The van der Waals surface area contributed by atoms with Crippen molar-refractivity contribution in [2.45, 2.75) is 41.6 Å². The molecule has 0 aliphatic carbocycles. The normalized spacial score (nSPS) is 14.8. The molecule has 32 heavy (non-hydrogen) atoms. The molecule has 166 valence electrons. The van der Waals surface area contributed by atoms with Crippen molar-refractivity contribution in [2.75, 3.05) is 18.2 Å². The molecule has 2 heterocycles. The summed E-state index contributed by atoms with van der Waals surface area (Å²) in [5.41, 5.74) is 2.61. The maximum Gasteiger partial charge on any atom is 0.268 e. The number of rotatable bonds is 8. The van der Waals surface area contributed by atoms with Gasteiger partial charge in [0, 0.05) is 18.2 Å². The van der Waals surface area contributed by atoms with Crippen LogP contribution in [0.15, 0.2) is 69.4 Å². The topological polar surface area (TPSA) is 73.2 Å². The summed E-state index contributed by atoms with van der Waals surface area (Å²) in [6.07, 6.45) is 1.50. The molecule has 8 heteroatoms. The van der Waals surface area contributed by atoms with Gasteiger partial charge in [-0.3, -0.25) is 14.2 Å². The summed E-state index contributed by atoms with van der Waals surface area (Å²) in [5, 5.41) is 3.81. The SMILES string of the molecule is COc1ccccc1NC(=O)CSc1nc2c(c(=O)n1CCc1ccccc1)SC(C)C2. The Bertz CT molecular complexity index is 1160. The fourth-order valence-electron chi connectivity index (χ4n) is 3.59. The first kappa shape index (κ1) is 22.5. The number of ether oxygens (including phenoxy) is 1. The van der Waals surface area contributed by atoms with Crippen molar-refractivity contribution in [3.8, 4) is 5.75 Å². The van der Waals surface area contributed by atoms with Crippen LogP contribution in [0.2, 0.25) is 0 Å². The van der Waals surface area contributed by atoms with E-state index in [0.717, 1.165) is 29.0 Å². The van der Waals surface area contributed by atoms with Crippen LogP contribution in [-0.4, -0.2) is 33.6 Å². The first-order valence-electron chi connectivity index (χ1n) is 10.4. The van der Waals surface area contributed by atoms with Gasteiger partial charge < -0.3 is 10.1 Å². The van der Waals surface area contributed by atoms with Crippen LogP contribution < -0.4 is 15.6 Å². The number of anilines is 1. The third-order valence-electron chi connectivity index (χ3n) is 5.14. The van der Waals surface area contributed by atoms with Gasteiger partial charge in [-0.05, 0) is 24.1 Å². The number of para-hydroxylation sites is 2. The van der Waals surface area contributed by atoms with Gasteiger partial charge in [0.05, 0.1) is 29.1 Å². The van der Waals surface area contributed by atoms with E-state index in [4.69, 9.17) is 9.72 Å². The van der Waals surface area contributed by atoms with Crippen molar-refractivity contribution in [1.29, 1.82) is 0 Å². The average molecular weight is 468 g/mol. The molecule has 1 N–H and O–H groups in total. The van der Waals surface area contributed by atoms with E-state index in [1.165, 1.54) is 11.8 Å². The Labute approximate surface area is 195 Å². The Morgan fingerprint density at radius 2 is 1.97 bits per heavy atom. The zero-order valence-corrected chi connectivity index (χ0v) is 19.7. The first-order valence-corrected chi connectivity index (χ1v) is 12.3. The number of aromatic nitrogens is 2. The smallest absolute Gasteiger partial charge is 0.268 e. The third-order valence-corrected chi connectivity index (χ3v) is 7.33. The van der Waals surface area contributed by atoms with E-state index < -0.39 is 0 Å². The molecule has 0 radical (unpaired) electrons. The number of fused-ring (bicyclic) bond motifs is 1. The van der Waals surface area contributed by atoms with Gasteiger partial charge in [-0.15, -0.1) is 11.8 Å². The molecule has 1 aliphatic rings. The molecule has 1 aliphatic heterocycles. The van der Waals surface area contributed by atoms with Crippen LogP contribution in [0.1, 0.15) is 18.2 Å². The van der Waals surface area contributed by atoms with Crippen LogP contribution in [0, 0.1) is 0 Å². The van der Waals surface area contributed by atoms with Crippen molar-refractivity contribution >= 4 is 35.1 Å². The Balaban J connectivity index is 1.53. The van der Waals surface area contributed by atoms with Crippen molar-refractivity contribution in [2.24, 2.45) is 0 Å². The summed E-state index contributed by atoms with van der Waals surface area (Å²) >= 11 is 2.89. The molecule has 6 nitrogen and oxygen atoms in total. The van der Waals surface area contributed by atoms with Gasteiger partial charge in [0.25, 0.3) is 5.56 Å². The second-order valence-corrected chi connectivity index (χ2v) is 9.92. The number of amides is 1. The van der Waals surface area contributed by atoms with Crippen molar-refractivity contribution in [1.82, 2.24) is 9.55 Å². The minimum Gasteiger partial charge on any atom is -0.495 e. The first-order chi connectivity index (χ1) is 15.5. The molecule has 1 amide bonds. The van der Waals surface area contributed by atoms with Crippen LogP contribution in [0.3, 0.4) is 0 Å². The highest BCUT2D eigenvalue weighted by Gasteiger charge is 2.26. The lowest BCUT2D eigenvalue weighted by Gasteiger charge is -2.14. The fraction of sp³-hybridized carbons (Fsp3) is 0.292. The Morgan fingerprint density at radius 3 is 2.75 bits per heavy atom. The predicted molar refractivity (Wildman–Crippen MR) is 130 cm³/mol. The molecule has 0 saturated carbocycles. The van der Waals surface area contributed by atoms with E-state index in [0.29, 0.717) is 28.4 Å². The molecular formula is C24H25N3O3S2. The summed E-state index contributed by atoms with van der Waals surface area (Å²) in [7, 11) is 1.57. The second-order valence-electron chi connectivity index (χ2n) is 7.53. The molecule has 1 aromatic heterocycles. The molecule has 3 aromatic rings.